The van der Waals surface area contributed by atoms with Crippen LogP contribution in [0.3, 0.4) is 0 Å². The highest BCUT2D eigenvalue weighted by atomic mass is 16.2. The molecule has 2 rings (SSSR count). The zero-order valence-corrected chi connectivity index (χ0v) is 17.1. The number of nitrogens with zero attached hydrogens (tertiary/aromatic N) is 2. The van der Waals surface area contributed by atoms with Crippen LogP contribution in [0.15, 0.2) is 24.3 Å². The van der Waals surface area contributed by atoms with E-state index in [1.54, 1.807) is 7.05 Å². The number of carbonyl (C=O) groups excluding carboxylic acids is 2. The van der Waals surface area contributed by atoms with Gasteiger partial charge in [-0.05, 0) is 23.5 Å². The minimum atomic E-state index is 0.0188. The summed E-state index contributed by atoms with van der Waals surface area (Å²) in [5.41, 5.74) is 2.55. The molecule has 1 atom stereocenters. The molecule has 0 spiro atoms. The molecule has 6 heteroatoms. The molecule has 27 heavy (non-hydrogen) atoms. The van der Waals surface area contributed by atoms with E-state index in [2.05, 4.69) is 60.6 Å². The van der Waals surface area contributed by atoms with Gasteiger partial charge in [-0.25, -0.2) is 0 Å². The zero-order valence-electron chi connectivity index (χ0n) is 17.1. The maximum Gasteiger partial charge on any atom is 0.236 e. The molecule has 0 radical (unpaired) electrons. The maximum atomic E-state index is 12.6. The highest BCUT2D eigenvalue weighted by Gasteiger charge is 2.23. The normalized spacial score (nSPS) is 16.4. The average molecular weight is 375 g/mol. The summed E-state index contributed by atoms with van der Waals surface area (Å²) in [4.78, 5) is 28.1. The van der Waals surface area contributed by atoms with E-state index < -0.39 is 0 Å². The molecule has 1 heterocycles. The Morgan fingerprint density at radius 2 is 1.70 bits per heavy atom. The number of hydrogen-bond acceptors (Lipinski definition) is 4. The van der Waals surface area contributed by atoms with Crippen molar-refractivity contribution in [3.63, 3.8) is 0 Å². The maximum absolute atomic E-state index is 12.6. The Morgan fingerprint density at radius 3 is 2.22 bits per heavy atom. The van der Waals surface area contributed by atoms with E-state index in [0.29, 0.717) is 32.1 Å². The van der Waals surface area contributed by atoms with Gasteiger partial charge in [-0.15, -0.1) is 0 Å². The quantitative estimate of drug-likeness (QED) is 0.722. The number of aryl methyl sites for hydroxylation is 1. The minimum absolute atomic E-state index is 0.0188. The van der Waals surface area contributed by atoms with Crippen molar-refractivity contribution in [3.05, 3.63) is 35.4 Å². The predicted molar refractivity (Wildman–Crippen MR) is 108 cm³/mol. The molecule has 0 saturated carbocycles. The Kier molecular flexibility index (Phi) is 8.25. The molecule has 150 valence electrons. The Hall–Kier alpha value is -1.92. The minimum Gasteiger partial charge on any atom is -0.358 e. The lowest BCUT2D eigenvalue weighted by Gasteiger charge is -2.34. The second-order valence-electron chi connectivity index (χ2n) is 7.53. The molecule has 0 unspecified atom stereocenters. The SMILES string of the molecule is CCc1ccc([C@@H](NCC(=O)N2CCN(CC(=O)NC)CC2)C(C)C)cc1. The first kappa shape index (κ1) is 21.4. The summed E-state index contributed by atoms with van der Waals surface area (Å²) in [6, 6.07) is 8.82. The molecule has 0 bridgehead atoms. The molecule has 2 amide bonds. The molecule has 1 fully saturated rings. The van der Waals surface area contributed by atoms with Crippen molar-refractivity contribution in [2.24, 2.45) is 5.92 Å². The van der Waals surface area contributed by atoms with Gasteiger partial charge in [-0.2, -0.15) is 0 Å². The third-order valence-corrected chi connectivity index (χ3v) is 5.26. The van der Waals surface area contributed by atoms with Crippen LogP contribution in [0.2, 0.25) is 0 Å². The van der Waals surface area contributed by atoms with Crippen LogP contribution in [0.5, 0.6) is 0 Å². The van der Waals surface area contributed by atoms with Crippen molar-refractivity contribution in [2.45, 2.75) is 33.2 Å². The lowest BCUT2D eigenvalue weighted by atomic mass is 9.95. The summed E-state index contributed by atoms with van der Waals surface area (Å²) in [5, 5.41) is 6.09. The van der Waals surface area contributed by atoms with E-state index in [1.807, 2.05) is 4.90 Å². The van der Waals surface area contributed by atoms with Gasteiger partial charge in [-0.3, -0.25) is 14.5 Å². The Morgan fingerprint density at radius 1 is 1.07 bits per heavy atom. The van der Waals surface area contributed by atoms with Crippen molar-refractivity contribution in [1.82, 2.24) is 20.4 Å². The fourth-order valence-electron chi connectivity index (χ4n) is 3.45. The van der Waals surface area contributed by atoms with Crippen molar-refractivity contribution in [2.75, 3.05) is 46.3 Å². The monoisotopic (exact) mass is 374 g/mol. The number of benzene rings is 1. The molecule has 0 aromatic heterocycles. The largest absolute Gasteiger partial charge is 0.358 e. The molecule has 1 saturated heterocycles. The lowest BCUT2D eigenvalue weighted by molar-refractivity contribution is -0.132. The smallest absolute Gasteiger partial charge is 0.236 e. The van der Waals surface area contributed by atoms with Gasteiger partial charge in [0.05, 0.1) is 13.1 Å². The standard InChI is InChI=1S/C21H34N4O2/c1-5-17-6-8-18(9-7-17)21(16(2)3)23-14-20(27)25-12-10-24(11-13-25)15-19(26)22-4/h6-9,16,21,23H,5,10-15H2,1-4H3,(H,22,26)/t21-/m0/s1. The van der Waals surface area contributed by atoms with Crippen molar-refractivity contribution >= 4 is 11.8 Å². The van der Waals surface area contributed by atoms with E-state index in [9.17, 15) is 9.59 Å². The molecule has 2 N–H and O–H groups in total. The number of nitrogens with one attached hydrogen (secondary N) is 2. The summed E-state index contributed by atoms with van der Waals surface area (Å²) in [5.74, 6) is 0.547. The van der Waals surface area contributed by atoms with Crippen LogP contribution in [0.4, 0.5) is 0 Å². The van der Waals surface area contributed by atoms with Crippen LogP contribution >= 0.6 is 0 Å². The Bertz CT molecular complexity index is 607. The van der Waals surface area contributed by atoms with Gasteiger partial charge in [0.25, 0.3) is 0 Å². The third-order valence-electron chi connectivity index (χ3n) is 5.26. The van der Waals surface area contributed by atoms with Crippen LogP contribution in [0.1, 0.15) is 37.9 Å². The number of carbonyl (C=O) groups is 2. The van der Waals surface area contributed by atoms with Crippen LogP contribution in [-0.2, 0) is 16.0 Å². The summed E-state index contributed by atoms with van der Waals surface area (Å²) < 4.78 is 0. The van der Waals surface area contributed by atoms with E-state index in [1.165, 1.54) is 11.1 Å². The first-order valence-corrected chi connectivity index (χ1v) is 9.97. The van der Waals surface area contributed by atoms with Gasteiger partial charge in [0, 0.05) is 39.3 Å². The molecule has 1 aromatic rings. The van der Waals surface area contributed by atoms with Gasteiger partial charge in [-0.1, -0.05) is 45.0 Å². The van der Waals surface area contributed by atoms with E-state index >= 15 is 0 Å². The second-order valence-corrected chi connectivity index (χ2v) is 7.53. The highest BCUT2D eigenvalue weighted by Crippen LogP contribution is 2.22. The summed E-state index contributed by atoms with van der Waals surface area (Å²) in [7, 11) is 1.65. The van der Waals surface area contributed by atoms with Crippen molar-refractivity contribution in [3.8, 4) is 0 Å². The first-order chi connectivity index (χ1) is 12.9. The van der Waals surface area contributed by atoms with Crippen LogP contribution in [-0.4, -0.2) is 67.9 Å². The van der Waals surface area contributed by atoms with Gasteiger partial charge in [0.2, 0.25) is 11.8 Å². The number of amides is 2. The predicted octanol–water partition coefficient (Wildman–Crippen LogP) is 1.43. The van der Waals surface area contributed by atoms with Gasteiger partial charge >= 0.3 is 0 Å². The van der Waals surface area contributed by atoms with E-state index in [-0.39, 0.29) is 17.9 Å². The molecular formula is C21H34N4O2. The lowest BCUT2D eigenvalue weighted by Crippen LogP contribution is -2.52. The third kappa shape index (κ3) is 6.33. The van der Waals surface area contributed by atoms with Crippen molar-refractivity contribution in [1.29, 1.82) is 0 Å². The topological polar surface area (TPSA) is 64.7 Å². The van der Waals surface area contributed by atoms with Crippen LogP contribution in [0, 0.1) is 5.92 Å². The Labute approximate surface area is 163 Å². The second kappa shape index (κ2) is 10.4. The number of rotatable bonds is 8. The fourth-order valence-corrected chi connectivity index (χ4v) is 3.45. The van der Waals surface area contributed by atoms with Gasteiger partial charge < -0.3 is 15.5 Å². The average Bonchev–Trinajstić information content (AvgIpc) is 2.68. The summed E-state index contributed by atoms with van der Waals surface area (Å²) in [6.45, 7) is 10.1. The van der Waals surface area contributed by atoms with Crippen LogP contribution in [0.25, 0.3) is 0 Å². The molecule has 1 aliphatic heterocycles. The summed E-state index contributed by atoms with van der Waals surface area (Å²) in [6.07, 6.45) is 1.03. The van der Waals surface area contributed by atoms with Gasteiger partial charge in [0.1, 0.15) is 0 Å². The zero-order chi connectivity index (χ0) is 19.8. The molecule has 1 aromatic carbocycles. The molecular weight excluding hydrogens is 340 g/mol. The summed E-state index contributed by atoms with van der Waals surface area (Å²) >= 11 is 0. The molecule has 0 aliphatic carbocycles. The fraction of sp³-hybridized carbons (Fsp3) is 0.619. The van der Waals surface area contributed by atoms with E-state index in [4.69, 9.17) is 0 Å². The van der Waals surface area contributed by atoms with E-state index in [0.717, 1.165) is 19.5 Å². The number of likely N-dealkylation sites (N-methyl/N-ethyl adjacent to an activating group) is 1. The van der Waals surface area contributed by atoms with Crippen molar-refractivity contribution < 1.29 is 9.59 Å². The van der Waals surface area contributed by atoms with Gasteiger partial charge in [0.15, 0.2) is 0 Å². The highest BCUT2D eigenvalue weighted by molar-refractivity contribution is 5.79. The molecule has 1 aliphatic rings. The number of piperazine rings is 1. The number of hydrogen-bond donors (Lipinski definition) is 2. The first-order valence-electron chi connectivity index (χ1n) is 9.97. The molecule has 6 nitrogen and oxygen atoms in total. The Balaban J connectivity index is 1.84. The van der Waals surface area contributed by atoms with Crippen LogP contribution < -0.4 is 10.6 Å².